The zero-order chi connectivity index (χ0) is 26.6. The molecule has 2 aliphatic carbocycles. The monoisotopic (exact) mass is 521 g/mol. The summed E-state index contributed by atoms with van der Waals surface area (Å²) >= 11 is 0. The molecule has 0 amide bonds. The van der Waals surface area contributed by atoms with Crippen LogP contribution in [0.15, 0.2) is 85.1 Å². The number of aryl methyl sites for hydroxylation is 1. The number of hydrogen-bond donors (Lipinski definition) is 0. The summed E-state index contributed by atoms with van der Waals surface area (Å²) in [6, 6.07) is 25.5. The van der Waals surface area contributed by atoms with Gasteiger partial charge in [0, 0.05) is 23.9 Å². The Balaban J connectivity index is 0.966. The second kappa shape index (κ2) is 11.9. The van der Waals surface area contributed by atoms with Crippen molar-refractivity contribution in [3.05, 3.63) is 102 Å². The maximum atomic E-state index is 13.4. The van der Waals surface area contributed by atoms with Gasteiger partial charge in [0.2, 0.25) is 0 Å². The van der Waals surface area contributed by atoms with Gasteiger partial charge >= 0.3 is 0 Å². The maximum Gasteiger partial charge on any atom is 0.162 e. The fourth-order valence-electron chi connectivity index (χ4n) is 7.66. The summed E-state index contributed by atoms with van der Waals surface area (Å²) in [4.78, 5) is 13.1. The van der Waals surface area contributed by atoms with E-state index in [1.165, 1.54) is 69.1 Å². The van der Waals surface area contributed by atoms with Crippen molar-refractivity contribution in [3.8, 4) is 5.69 Å². The van der Waals surface area contributed by atoms with Crippen molar-refractivity contribution < 1.29 is 9.18 Å². The van der Waals surface area contributed by atoms with Gasteiger partial charge in [-0.25, -0.2) is 4.39 Å². The van der Waals surface area contributed by atoms with Gasteiger partial charge in [-0.15, -0.1) is 0 Å². The first-order valence-electron chi connectivity index (χ1n) is 15.1. The van der Waals surface area contributed by atoms with Crippen molar-refractivity contribution in [2.24, 2.45) is 23.7 Å². The lowest BCUT2D eigenvalue weighted by atomic mass is 9.70. The Morgan fingerprint density at radius 2 is 1.59 bits per heavy atom. The molecule has 4 atom stereocenters. The molecule has 202 valence electrons. The third kappa shape index (κ3) is 6.03. The van der Waals surface area contributed by atoms with Crippen LogP contribution in [0, 0.1) is 29.5 Å². The molecule has 6 rings (SSSR count). The average Bonchev–Trinajstić information content (AvgIpc) is 3.48. The number of fused-ring (bicyclic) bond motifs is 3. The number of ketones is 1. The Kier molecular flexibility index (Phi) is 7.95. The Labute approximate surface area is 232 Å². The second-order valence-corrected chi connectivity index (χ2v) is 12.1. The summed E-state index contributed by atoms with van der Waals surface area (Å²) in [6.07, 6.45) is 15.7. The average molecular weight is 522 g/mol. The van der Waals surface area contributed by atoms with E-state index in [0.29, 0.717) is 6.42 Å². The molecule has 2 saturated carbocycles. The second-order valence-electron chi connectivity index (χ2n) is 12.1. The number of carbonyl (C=O) groups excluding carboxylic acids is 1. The van der Waals surface area contributed by atoms with Crippen LogP contribution < -0.4 is 0 Å². The van der Waals surface area contributed by atoms with Crippen LogP contribution in [0.25, 0.3) is 16.6 Å². The van der Waals surface area contributed by atoms with Crippen molar-refractivity contribution in [3.63, 3.8) is 0 Å². The van der Waals surface area contributed by atoms with E-state index in [1.807, 2.05) is 35.0 Å². The highest BCUT2D eigenvalue weighted by atomic mass is 19.1. The molecule has 0 spiro atoms. The number of aromatic nitrogens is 1. The van der Waals surface area contributed by atoms with Gasteiger partial charge in [-0.2, -0.15) is 0 Å². The first-order chi connectivity index (χ1) is 19.1. The third-order valence-electron chi connectivity index (χ3n) is 9.62. The summed E-state index contributed by atoms with van der Waals surface area (Å²) in [5, 5.41) is 1.08. The van der Waals surface area contributed by atoms with Crippen molar-refractivity contribution >= 4 is 16.7 Å². The lowest BCUT2D eigenvalue weighted by Crippen LogP contribution is -2.26. The normalized spacial score (nSPS) is 22.4. The summed E-state index contributed by atoms with van der Waals surface area (Å²) in [6.45, 7) is 0. The highest BCUT2D eigenvalue weighted by Crippen LogP contribution is 2.51. The molecule has 0 saturated heterocycles. The van der Waals surface area contributed by atoms with Gasteiger partial charge in [-0.1, -0.05) is 55.3 Å². The van der Waals surface area contributed by atoms with E-state index in [4.69, 9.17) is 0 Å². The predicted octanol–water partition coefficient (Wildman–Crippen LogP) is 9.59. The van der Waals surface area contributed by atoms with E-state index in [0.717, 1.165) is 58.7 Å². The van der Waals surface area contributed by atoms with Crippen LogP contribution in [0.2, 0.25) is 0 Å². The summed E-state index contributed by atoms with van der Waals surface area (Å²) < 4.78 is 15.4. The lowest BCUT2D eigenvalue weighted by Gasteiger charge is -2.35. The molecule has 2 fully saturated rings. The minimum atomic E-state index is -0.245. The van der Waals surface area contributed by atoms with E-state index in [2.05, 4.69) is 30.3 Å². The molecule has 2 aliphatic rings. The largest absolute Gasteiger partial charge is 0.317 e. The molecular formula is C36H40FNO. The first-order valence-corrected chi connectivity index (χ1v) is 15.1. The van der Waals surface area contributed by atoms with Gasteiger partial charge in [0.25, 0.3) is 0 Å². The van der Waals surface area contributed by atoms with Gasteiger partial charge in [0.1, 0.15) is 5.82 Å². The Hall–Kier alpha value is -3.20. The zero-order valence-electron chi connectivity index (χ0n) is 22.9. The lowest BCUT2D eigenvalue weighted by molar-refractivity contribution is 0.0976. The predicted molar refractivity (Wildman–Crippen MR) is 158 cm³/mol. The van der Waals surface area contributed by atoms with Crippen LogP contribution in [-0.4, -0.2) is 10.4 Å². The Morgan fingerprint density at radius 3 is 2.36 bits per heavy atom. The Morgan fingerprint density at radius 1 is 0.821 bits per heavy atom. The molecule has 0 N–H and O–H groups in total. The van der Waals surface area contributed by atoms with Crippen LogP contribution in [0.1, 0.15) is 80.1 Å². The molecule has 4 aromatic rings. The van der Waals surface area contributed by atoms with E-state index in [9.17, 15) is 9.18 Å². The number of rotatable bonds is 11. The molecule has 3 heteroatoms. The quantitative estimate of drug-likeness (QED) is 0.142. The van der Waals surface area contributed by atoms with Crippen LogP contribution in [0.4, 0.5) is 4.39 Å². The number of carbonyl (C=O) groups is 1. The molecule has 1 aromatic heterocycles. The number of benzene rings is 3. The molecule has 1 unspecified atom stereocenters. The first kappa shape index (κ1) is 26.0. The molecule has 0 aliphatic heterocycles. The smallest absolute Gasteiger partial charge is 0.162 e. The summed E-state index contributed by atoms with van der Waals surface area (Å²) in [5.74, 6) is 3.68. The van der Waals surface area contributed by atoms with Gasteiger partial charge in [0.15, 0.2) is 5.78 Å². The number of Topliss-reactive ketones (excluding diaryl/α,β-unsaturated/α-hetero) is 1. The fraction of sp³-hybridized carbons (Fsp3) is 0.417. The SMILES string of the molecule is O=C(CCCC[C@@H]1C[C@H]2CC[C@@H](C1)C2CCCc1ccccc1)c1ccc2ccn(-c3ccc(F)cc3)c2c1. The van der Waals surface area contributed by atoms with Crippen molar-refractivity contribution in [2.45, 2.75) is 70.6 Å². The molecule has 39 heavy (non-hydrogen) atoms. The number of unbranched alkanes of at least 4 members (excludes halogenated alkanes) is 1. The maximum absolute atomic E-state index is 13.4. The minimum absolute atomic E-state index is 0.228. The van der Waals surface area contributed by atoms with Gasteiger partial charge in [0.05, 0.1) is 5.52 Å². The summed E-state index contributed by atoms with van der Waals surface area (Å²) in [5.41, 5.74) is 4.15. The molecule has 2 nitrogen and oxygen atoms in total. The van der Waals surface area contributed by atoms with Crippen molar-refractivity contribution in [2.75, 3.05) is 0 Å². The third-order valence-corrected chi connectivity index (χ3v) is 9.62. The number of nitrogens with zero attached hydrogens (tertiary/aromatic N) is 1. The van der Waals surface area contributed by atoms with Crippen molar-refractivity contribution in [1.29, 1.82) is 0 Å². The van der Waals surface area contributed by atoms with Crippen LogP contribution >= 0.6 is 0 Å². The minimum Gasteiger partial charge on any atom is -0.317 e. The molecular weight excluding hydrogens is 481 g/mol. The highest BCUT2D eigenvalue weighted by molar-refractivity contribution is 5.99. The van der Waals surface area contributed by atoms with E-state index < -0.39 is 0 Å². The van der Waals surface area contributed by atoms with E-state index in [1.54, 1.807) is 12.1 Å². The molecule has 3 aromatic carbocycles. The molecule has 0 radical (unpaired) electrons. The van der Waals surface area contributed by atoms with Gasteiger partial charge < -0.3 is 4.57 Å². The standard InChI is InChI=1S/C36H40FNO/c37-32-17-19-33(20-18-32)38-22-21-28-13-16-31(25-35(28)38)36(39)12-5-4-9-27-23-29-14-15-30(24-27)34(29)11-6-10-26-7-2-1-3-8-26/h1-3,7-8,13,16-22,25,27,29-30,34H,4-6,9-12,14-15,23-24H2/t27-,29-,30+,34?. The molecule has 1 heterocycles. The summed E-state index contributed by atoms with van der Waals surface area (Å²) in [7, 11) is 0. The topological polar surface area (TPSA) is 22.0 Å². The van der Waals surface area contributed by atoms with E-state index >= 15 is 0 Å². The van der Waals surface area contributed by atoms with Crippen molar-refractivity contribution in [1.82, 2.24) is 4.57 Å². The zero-order valence-corrected chi connectivity index (χ0v) is 22.9. The van der Waals surface area contributed by atoms with Crippen LogP contribution in [0.5, 0.6) is 0 Å². The number of hydrogen-bond acceptors (Lipinski definition) is 1. The van der Waals surface area contributed by atoms with Gasteiger partial charge in [-0.3, -0.25) is 4.79 Å². The van der Waals surface area contributed by atoms with Gasteiger partial charge in [-0.05, 0) is 122 Å². The highest BCUT2D eigenvalue weighted by Gasteiger charge is 2.41. The van der Waals surface area contributed by atoms with E-state index in [-0.39, 0.29) is 11.6 Å². The number of halogens is 1. The van der Waals surface area contributed by atoms with Crippen LogP contribution in [0.3, 0.4) is 0 Å². The Bertz CT molecular complexity index is 1370. The fourth-order valence-corrected chi connectivity index (χ4v) is 7.66. The molecule has 2 bridgehead atoms. The van der Waals surface area contributed by atoms with Crippen LogP contribution in [-0.2, 0) is 6.42 Å².